The summed E-state index contributed by atoms with van der Waals surface area (Å²) in [5, 5.41) is 3.66. The maximum absolute atomic E-state index is 10.4. The second-order valence-electron chi connectivity index (χ2n) is 3.27. The number of ether oxygens (including phenoxy) is 1. The number of hydrogen-bond donors (Lipinski definition) is 2. The number of urea groups is 1. The molecule has 3 N–H and O–H groups in total. The Morgan fingerprint density at radius 1 is 1.65 bits per heavy atom. The fourth-order valence-corrected chi connectivity index (χ4v) is 1.61. The largest absolute Gasteiger partial charge is 0.492 e. The van der Waals surface area contributed by atoms with Gasteiger partial charge in [0.15, 0.2) is 0 Å². The maximum Gasteiger partial charge on any atom is 0.332 e. The molecule has 1 aromatic carbocycles. The van der Waals surface area contributed by atoms with E-state index in [9.17, 15) is 4.79 Å². The lowest BCUT2D eigenvalue weighted by molar-refractivity contribution is 0.249. The molecule has 2 amide bonds. The van der Waals surface area contributed by atoms with Gasteiger partial charge in [-0.25, -0.2) is 10.2 Å². The number of amides is 2. The van der Waals surface area contributed by atoms with Crippen molar-refractivity contribution in [2.75, 3.05) is 6.61 Å². The van der Waals surface area contributed by atoms with Crippen LogP contribution in [-0.4, -0.2) is 18.9 Å². The molecule has 0 unspecified atom stereocenters. The number of halogens is 1. The van der Waals surface area contributed by atoms with Gasteiger partial charge < -0.3 is 10.5 Å². The lowest BCUT2D eigenvalue weighted by Crippen LogP contribution is -2.24. The molecule has 1 rings (SSSR count). The first-order chi connectivity index (χ1) is 8.13. The van der Waals surface area contributed by atoms with Crippen molar-refractivity contribution < 1.29 is 9.53 Å². The number of hydrazone groups is 1. The minimum atomic E-state index is -0.691. The second-order valence-corrected chi connectivity index (χ2v) is 4.13. The summed E-state index contributed by atoms with van der Waals surface area (Å²) in [5.41, 5.74) is 7.82. The first kappa shape index (κ1) is 13.5. The number of nitrogens with zero attached hydrogens (tertiary/aromatic N) is 1. The van der Waals surface area contributed by atoms with Crippen molar-refractivity contribution >= 4 is 28.2 Å². The third kappa shape index (κ3) is 4.86. The zero-order chi connectivity index (χ0) is 12.7. The van der Waals surface area contributed by atoms with Crippen molar-refractivity contribution in [2.45, 2.75) is 13.3 Å². The summed E-state index contributed by atoms with van der Waals surface area (Å²) in [4.78, 5) is 10.4. The predicted octanol–water partition coefficient (Wildman–Crippen LogP) is 2.24. The molecule has 0 saturated carbocycles. The van der Waals surface area contributed by atoms with Crippen LogP contribution >= 0.6 is 15.9 Å². The maximum atomic E-state index is 10.4. The molecule has 0 fully saturated rings. The normalized spacial score (nSPS) is 10.5. The summed E-state index contributed by atoms with van der Waals surface area (Å²) < 4.78 is 6.34. The van der Waals surface area contributed by atoms with E-state index in [0.717, 1.165) is 22.2 Å². The van der Waals surface area contributed by atoms with Crippen LogP contribution < -0.4 is 15.9 Å². The van der Waals surface area contributed by atoms with E-state index >= 15 is 0 Å². The van der Waals surface area contributed by atoms with Gasteiger partial charge in [-0.05, 0) is 46.1 Å². The number of nitrogens with one attached hydrogen (secondary N) is 1. The number of carbonyl (C=O) groups excluding carboxylic acids is 1. The molecule has 0 aliphatic rings. The highest BCUT2D eigenvalue weighted by Crippen LogP contribution is 2.25. The SMILES string of the molecule is CCCOc1ccc(/C=N\NC(N)=O)cc1Br. The van der Waals surface area contributed by atoms with Crippen LogP contribution in [0.4, 0.5) is 4.79 Å². The van der Waals surface area contributed by atoms with E-state index in [0.29, 0.717) is 6.61 Å². The van der Waals surface area contributed by atoms with E-state index in [2.05, 4.69) is 26.5 Å². The molecule has 17 heavy (non-hydrogen) atoms. The molecule has 0 bridgehead atoms. The van der Waals surface area contributed by atoms with Gasteiger partial charge >= 0.3 is 6.03 Å². The van der Waals surface area contributed by atoms with Crippen LogP contribution in [0.15, 0.2) is 27.8 Å². The zero-order valence-corrected chi connectivity index (χ0v) is 11.0. The molecule has 0 aliphatic heterocycles. The van der Waals surface area contributed by atoms with Gasteiger partial charge in [0, 0.05) is 0 Å². The Bertz CT molecular complexity index is 421. The predicted molar refractivity (Wildman–Crippen MR) is 70.2 cm³/mol. The van der Waals surface area contributed by atoms with Crippen LogP contribution in [0.2, 0.25) is 0 Å². The van der Waals surface area contributed by atoms with Gasteiger partial charge in [0.05, 0.1) is 17.3 Å². The minimum absolute atomic E-state index is 0.676. The molecular weight excluding hydrogens is 286 g/mol. The molecule has 92 valence electrons. The van der Waals surface area contributed by atoms with Gasteiger partial charge in [0.2, 0.25) is 0 Å². The Hall–Kier alpha value is -1.56. The molecule has 0 radical (unpaired) electrons. The average Bonchev–Trinajstić information content (AvgIpc) is 2.27. The van der Waals surface area contributed by atoms with Gasteiger partial charge in [-0.2, -0.15) is 5.10 Å². The standard InChI is InChI=1S/C11H14BrN3O2/c1-2-5-17-10-4-3-8(6-9(10)12)7-14-15-11(13)16/h3-4,6-7H,2,5H2,1H3,(H3,13,15,16)/b14-7-. The Balaban J connectivity index is 2.68. The van der Waals surface area contributed by atoms with Crippen LogP contribution in [0.1, 0.15) is 18.9 Å². The molecule has 0 atom stereocenters. The molecule has 0 aliphatic carbocycles. The monoisotopic (exact) mass is 299 g/mol. The van der Waals surface area contributed by atoms with E-state index in [1.54, 1.807) is 0 Å². The number of nitrogens with two attached hydrogens (primary N) is 1. The fraction of sp³-hybridized carbons (Fsp3) is 0.273. The molecule has 0 saturated heterocycles. The smallest absolute Gasteiger partial charge is 0.332 e. The van der Waals surface area contributed by atoms with Gasteiger partial charge in [-0.1, -0.05) is 6.92 Å². The molecule has 6 heteroatoms. The van der Waals surface area contributed by atoms with Crippen molar-refractivity contribution in [3.63, 3.8) is 0 Å². The minimum Gasteiger partial charge on any atom is -0.492 e. The van der Waals surface area contributed by atoms with Gasteiger partial charge in [0.25, 0.3) is 0 Å². The zero-order valence-electron chi connectivity index (χ0n) is 9.44. The van der Waals surface area contributed by atoms with E-state index in [-0.39, 0.29) is 0 Å². The van der Waals surface area contributed by atoms with Gasteiger partial charge in [-0.15, -0.1) is 0 Å². The number of carbonyl (C=O) groups is 1. The molecule has 5 nitrogen and oxygen atoms in total. The molecular formula is C11H14BrN3O2. The van der Waals surface area contributed by atoms with Crippen molar-refractivity contribution in [1.29, 1.82) is 0 Å². The summed E-state index contributed by atoms with van der Waals surface area (Å²) in [6.45, 7) is 2.72. The van der Waals surface area contributed by atoms with E-state index in [1.165, 1.54) is 6.21 Å². The molecule has 0 spiro atoms. The van der Waals surface area contributed by atoms with Gasteiger partial charge in [0.1, 0.15) is 5.75 Å². The fourth-order valence-electron chi connectivity index (χ4n) is 1.10. The molecule has 0 aromatic heterocycles. The third-order valence-electron chi connectivity index (χ3n) is 1.81. The van der Waals surface area contributed by atoms with Crippen LogP contribution in [0.3, 0.4) is 0 Å². The van der Waals surface area contributed by atoms with Crippen LogP contribution in [0.5, 0.6) is 5.75 Å². The van der Waals surface area contributed by atoms with E-state index < -0.39 is 6.03 Å². The third-order valence-corrected chi connectivity index (χ3v) is 2.43. The summed E-state index contributed by atoms with van der Waals surface area (Å²) in [5.74, 6) is 0.784. The summed E-state index contributed by atoms with van der Waals surface area (Å²) >= 11 is 3.40. The Kier molecular flexibility index (Phi) is 5.48. The van der Waals surface area contributed by atoms with E-state index in [1.807, 2.05) is 25.1 Å². The lowest BCUT2D eigenvalue weighted by atomic mass is 10.2. The first-order valence-electron chi connectivity index (χ1n) is 5.14. The van der Waals surface area contributed by atoms with Crippen LogP contribution in [0.25, 0.3) is 0 Å². The Morgan fingerprint density at radius 2 is 2.41 bits per heavy atom. The van der Waals surface area contributed by atoms with E-state index in [4.69, 9.17) is 10.5 Å². The molecule has 1 aromatic rings. The Morgan fingerprint density at radius 3 is 3.00 bits per heavy atom. The average molecular weight is 300 g/mol. The lowest BCUT2D eigenvalue weighted by Gasteiger charge is -2.07. The number of hydrogen-bond acceptors (Lipinski definition) is 3. The topological polar surface area (TPSA) is 76.7 Å². The van der Waals surface area contributed by atoms with Crippen LogP contribution in [0, 0.1) is 0 Å². The second kappa shape index (κ2) is 6.90. The number of rotatable bonds is 5. The summed E-state index contributed by atoms with van der Waals surface area (Å²) in [6, 6.07) is 4.83. The highest BCUT2D eigenvalue weighted by molar-refractivity contribution is 9.10. The summed E-state index contributed by atoms with van der Waals surface area (Å²) in [7, 11) is 0. The molecule has 0 heterocycles. The highest BCUT2D eigenvalue weighted by atomic mass is 79.9. The highest BCUT2D eigenvalue weighted by Gasteiger charge is 2.01. The van der Waals surface area contributed by atoms with Gasteiger partial charge in [-0.3, -0.25) is 0 Å². The van der Waals surface area contributed by atoms with Crippen LogP contribution in [-0.2, 0) is 0 Å². The van der Waals surface area contributed by atoms with Crippen molar-refractivity contribution in [1.82, 2.24) is 5.43 Å². The van der Waals surface area contributed by atoms with Crippen molar-refractivity contribution in [3.8, 4) is 5.75 Å². The summed E-state index contributed by atoms with van der Waals surface area (Å²) in [6.07, 6.45) is 2.46. The van der Waals surface area contributed by atoms with Crippen molar-refractivity contribution in [2.24, 2.45) is 10.8 Å². The van der Waals surface area contributed by atoms with Crippen molar-refractivity contribution in [3.05, 3.63) is 28.2 Å². The number of primary amides is 1. The Labute approximate surface area is 108 Å². The quantitative estimate of drug-likeness (QED) is 0.646. The number of benzene rings is 1. The first-order valence-corrected chi connectivity index (χ1v) is 5.93.